The molecule has 0 rings (SSSR count). The summed E-state index contributed by atoms with van der Waals surface area (Å²) in [4.78, 5) is 0. The van der Waals surface area contributed by atoms with Crippen molar-refractivity contribution in [1.29, 1.82) is 0 Å². The molecule has 0 atom stereocenters. The van der Waals surface area contributed by atoms with Gasteiger partial charge in [0.2, 0.25) is 0 Å². The Hall–Kier alpha value is -0.263. The molecule has 0 unspecified atom stereocenters. The van der Waals surface area contributed by atoms with Crippen molar-refractivity contribution in [3.63, 3.8) is 0 Å². The lowest BCUT2D eigenvalue weighted by molar-refractivity contribution is 1.41. The molecule has 0 aliphatic carbocycles. The second kappa shape index (κ2) is 2.95. The van der Waals surface area contributed by atoms with Gasteiger partial charge >= 0.3 is 0 Å². The molecule has 0 aliphatic rings. The molecule has 0 N–H and O–H groups in total. The highest BCUT2D eigenvalue weighted by molar-refractivity contribution is 6.16. The Morgan fingerprint density at radius 2 is 2.17 bits per heavy atom. The summed E-state index contributed by atoms with van der Waals surface area (Å²) in [6.07, 6.45) is 0. The minimum Gasteiger partial charge on any atom is -0.132 e. The summed E-state index contributed by atoms with van der Waals surface area (Å²) >= 11 is 0. The normalized spacial score (nSPS) is 6.50. The van der Waals surface area contributed by atoms with Crippen molar-refractivity contribution in [3.05, 3.63) is 17.0 Å². The van der Waals surface area contributed by atoms with Gasteiger partial charge in [-0.2, -0.15) is 0 Å². The van der Waals surface area contributed by atoms with E-state index in [4.69, 9.17) is 0 Å². The Morgan fingerprint density at radius 3 is 2.17 bits per heavy atom. The Labute approximate surface area is 42.0 Å². The van der Waals surface area contributed by atoms with E-state index in [2.05, 4.69) is 16.0 Å². The minimum absolute atomic E-state index is 1.19. The van der Waals surface area contributed by atoms with Crippen LogP contribution in [0, 0.1) is 0 Å². The molecule has 0 heterocycles. The summed E-state index contributed by atoms with van der Waals surface area (Å²) in [7, 11) is 3.13. The van der Waals surface area contributed by atoms with Gasteiger partial charge < -0.3 is 0 Å². The number of rotatable bonds is 0. The van der Waals surface area contributed by atoms with Gasteiger partial charge in [0.15, 0.2) is 0 Å². The van der Waals surface area contributed by atoms with E-state index in [9.17, 15) is 0 Å². The van der Waals surface area contributed by atoms with Crippen molar-refractivity contribution in [2.24, 2.45) is 0 Å². The molecular formula is C5H7Si. The van der Waals surface area contributed by atoms with Gasteiger partial charge in [-0.05, 0) is 19.4 Å². The quantitative estimate of drug-likeness (QED) is 0.313. The lowest BCUT2D eigenvalue weighted by atomic mass is 10.4. The summed E-state index contributed by atoms with van der Waals surface area (Å²) in [6, 6.07) is 0. The zero-order valence-corrected chi connectivity index (χ0v) is 5.08. The number of allylic oxidation sites excluding steroid dienone is 1. The molecule has 3 radical (unpaired) electrons. The third kappa shape index (κ3) is 3.74. The SMILES string of the molecule is CC(C)=C=C[Si]. The monoisotopic (exact) mass is 95.0 g/mol. The van der Waals surface area contributed by atoms with Crippen LogP contribution in [0.3, 0.4) is 0 Å². The Morgan fingerprint density at radius 1 is 1.67 bits per heavy atom. The van der Waals surface area contributed by atoms with Crippen LogP contribution >= 0.6 is 0 Å². The van der Waals surface area contributed by atoms with E-state index < -0.39 is 0 Å². The largest absolute Gasteiger partial charge is 0.132 e. The highest BCUT2D eigenvalue weighted by atomic mass is 28.1. The van der Waals surface area contributed by atoms with Crippen molar-refractivity contribution in [1.82, 2.24) is 0 Å². The fourth-order valence-corrected chi connectivity index (χ4v) is 0.433. The van der Waals surface area contributed by atoms with Gasteiger partial charge in [-0.15, -0.1) is 5.73 Å². The molecule has 0 nitrogen and oxygen atoms in total. The highest BCUT2D eigenvalue weighted by Crippen LogP contribution is 1.79. The minimum atomic E-state index is 1.19. The fourth-order valence-electron chi connectivity index (χ4n) is 0.144. The summed E-state index contributed by atoms with van der Waals surface area (Å²) < 4.78 is 0. The molecule has 0 spiro atoms. The van der Waals surface area contributed by atoms with E-state index in [1.165, 1.54) is 5.57 Å². The first-order valence-corrected chi connectivity index (χ1v) is 2.40. The first-order chi connectivity index (χ1) is 2.77. The lowest BCUT2D eigenvalue weighted by Gasteiger charge is -1.70. The van der Waals surface area contributed by atoms with Crippen LogP contribution < -0.4 is 0 Å². The maximum atomic E-state index is 3.13. The van der Waals surface area contributed by atoms with Crippen LogP contribution in [0.5, 0.6) is 0 Å². The molecule has 6 heavy (non-hydrogen) atoms. The Balaban J connectivity index is 3.73. The predicted octanol–water partition coefficient (Wildman–Crippen LogP) is 1.23. The molecule has 0 bridgehead atoms. The fraction of sp³-hybridized carbons (Fsp3) is 0.400. The molecular weight excluding hydrogens is 88.1 g/mol. The molecule has 0 saturated heterocycles. The Kier molecular flexibility index (Phi) is 2.82. The van der Waals surface area contributed by atoms with Gasteiger partial charge in [-0.25, -0.2) is 0 Å². The topological polar surface area (TPSA) is 0 Å². The predicted molar refractivity (Wildman–Crippen MR) is 28.7 cm³/mol. The first kappa shape index (κ1) is 5.74. The third-order valence-corrected chi connectivity index (χ3v) is 0.505. The maximum Gasteiger partial charge on any atom is 0.0718 e. The molecule has 1 heteroatoms. The van der Waals surface area contributed by atoms with E-state index in [0.717, 1.165) is 0 Å². The van der Waals surface area contributed by atoms with Gasteiger partial charge in [0.1, 0.15) is 0 Å². The maximum absolute atomic E-state index is 3.13. The zero-order chi connectivity index (χ0) is 4.99. The van der Waals surface area contributed by atoms with Gasteiger partial charge in [0.05, 0.1) is 10.2 Å². The van der Waals surface area contributed by atoms with Crippen LogP contribution in [0.4, 0.5) is 0 Å². The lowest BCUT2D eigenvalue weighted by Crippen LogP contribution is -1.52. The van der Waals surface area contributed by atoms with Crippen LogP contribution in [0.15, 0.2) is 17.0 Å². The molecule has 0 aromatic heterocycles. The highest BCUT2D eigenvalue weighted by Gasteiger charge is 1.60. The Bertz CT molecular complexity index is 82.1. The smallest absolute Gasteiger partial charge is 0.0718 e. The van der Waals surface area contributed by atoms with Crippen molar-refractivity contribution < 1.29 is 0 Å². The number of hydrogen-bond donors (Lipinski definition) is 0. The van der Waals surface area contributed by atoms with E-state index in [1.807, 2.05) is 13.8 Å². The van der Waals surface area contributed by atoms with Crippen LogP contribution in [-0.4, -0.2) is 10.2 Å². The first-order valence-electron chi connectivity index (χ1n) is 1.83. The van der Waals surface area contributed by atoms with Gasteiger partial charge in [-0.1, -0.05) is 5.70 Å². The second-order valence-electron chi connectivity index (χ2n) is 1.29. The molecule has 0 aliphatic heterocycles. The summed E-state index contributed by atoms with van der Waals surface area (Å²) in [5.74, 6) is 0. The number of hydrogen-bond acceptors (Lipinski definition) is 0. The van der Waals surface area contributed by atoms with Crippen LogP contribution in [0.25, 0.3) is 0 Å². The molecule has 0 saturated carbocycles. The van der Waals surface area contributed by atoms with Crippen molar-refractivity contribution in [2.75, 3.05) is 0 Å². The van der Waals surface area contributed by atoms with E-state index >= 15 is 0 Å². The van der Waals surface area contributed by atoms with E-state index in [0.29, 0.717) is 0 Å². The standard InChI is InChI=1S/C5H7Si/c1-5(2)3-4-6/h4H,1-2H3. The molecule has 0 amide bonds. The molecule has 0 aromatic rings. The molecule has 0 aromatic carbocycles. The van der Waals surface area contributed by atoms with Crippen molar-refractivity contribution >= 4 is 10.2 Å². The zero-order valence-electron chi connectivity index (χ0n) is 4.08. The van der Waals surface area contributed by atoms with Crippen molar-refractivity contribution in [3.8, 4) is 0 Å². The van der Waals surface area contributed by atoms with Crippen molar-refractivity contribution in [2.45, 2.75) is 13.8 Å². The van der Waals surface area contributed by atoms with Crippen LogP contribution in [-0.2, 0) is 0 Å². The third-order valence-electron chi connectivity index (χ3n) is 0.361. The van der Waals surface area contributed by atoms with Crippen LogP contribution in [0.2, 0.25) is 0 Å². The summed E-state index contributed by atoms with van der Waals surface area (Å²) in [5, 5.41) is 0. The van der Waals surface area contributed by atoms with Crippen LogP contribution in [0.1, 0.15) is 13.8 Å². The second-order valence-corrected chi connectivity index (χ2v) is 1.58. The average Bonchev–Trinajstić information content (AvgIpc) is 1.35. The van der Waals surface area contributed by atoms with Gasteiger partial charge in [0, 0.05) is 0 Å². The van der Waals surface area contributed by atoms with Gasteiger partial charge in [-0.3, -0.25) is 0 Å². The van der Waals surface area contributed by atoms with E-state index in [-0.39, 0.29) is 0 Å². The molecule has 0 fully saturated rings. The van der Waals surface area contributed by atoms with E-state index in [1.54, 1.807) is 5.70 Å². The van der Waals surface area contributed by atoms with Gasteiger partial charge in [0.25, 0.3) is 0 Å². The summed E-state index contributed by atoms with van der Waals surface area (Å²) in [6.45, 7) is 3.99. The average molecular weight is 95.2 g/mol. The molecule has 31 valence electrons. The summed E-state index contributed by atoms with van der Waals surface area (Å²) in [5.41, 5.74) is 5.82.